The second kappa shape index (κ2) is 3.62. The number of carboxylic acid groups (broad SMARTS) is 1. The molecule has 0 saturated heterocycles. The number of carbonyl (C=O) groups is 1. The van der Waals surface area contributed by atoms with Crippen molar-refractivity contribution in [1.29, 1.82) is 0 Å². The van der Waals surface area contributed by atoms with Crippen LogP contribution in [0.2, 0.25) is 0 Å². The Balaban J connectivity index is 2.41. The van der Waals surface area contributed by atoms with E-state index in [1.165, 1.54) is 17.1 Å². The van der Waals surface area contributed by atoms with Crippen LogP contribution in [0.3, 0.4) is 0 Å². The normalized spacial score (nSPS) is 10.1. The van der Waals surface area contributed by atoms with Gasteiger partial charge in [0.2, 0.25) is 0 Å². The number of nitrogens with zero attached hydrogens (tertiary/aromatic N) is 3. The largest absolute Gasteiger partial charge is 0.476 e. The molecule has 0 aromatic carbocycles. The molecule has 0 aliphatic rings. The van der Waals surface area contributed by atoms with E-state index < -0.39 is 5.97 Å². The minimum absolute atomic E-state index is 0.0285. The third-order valence-corrected chi connectivity index (χ3v) is 1.96. The minimum Gasteiger partial charge on any atom is -0.476 e. The van der Waals surface area contributed by atoms with E-state index in [1.54, 1.807) is 12.1 Å². The number of carboxylic acids is 1. The summed E-state index contributed by atoms with van der Waals surface area (Å²) >= 11 is 4.83. The van der Waals surface area contributed by atoms with Crippen LogP contribution in [-0.4, -0.2) is 30.8 Å². The summed E-state index contributed by atoms with van der Waals surface area (Å²) in [5.41, 5.74) is -0.0285. The van der Waals surface area contributed by atoms with Gasteiger partial charge in [-0.25, -0.2) is 9.78 Å². The predicted octanol–water partition coefficient (Wildman–Crippen LogP) is 1.02. The first-order valence-corrected chi connectivity index (χ1v) is 4.41. The first-order chi connectivity index (χ1) is 7.16. The molecule has 6 nitrogen and oxygen atoms in total. The highest BCUT2D eigenvalue weighted by molar-refractivity contribution is 7.71. The van der Waals surface area contributed by atoms with Gasteiger partial charge in [0.1, 0.15) is 11.0 Å². The average Bonchev–Trinajstić information content (AvgIpc) is 2.68. The average molecular weight is 222 g/mol. The van der Waals surface area contributed by atoms with Crippen molar-refractivity contribution >= 4 is 18.2 Å². The summed E-state index contributed by atoms with van der Waals surface area (Å²) in [4.78, 5) is 14.3. The zero-order valence-electron chi connectivity index (χ0n) is 7.41. The third kappa shape index (κ3) is 1.91. The first kappa shape index (κ1) is 9.53. The summed E-state index contributed by atoms with van der Waals surface area (Å²) < 4.78 is 2.01. The van der Waals surface area contributed by atoms with E-state index >= 15 is 0 Å². The fourth-order valence-electron chi connectivity index (χ4n) is 1.04. The van der Waals surface area contributed by atoms with Gasteiger partial charge < -0.3 is 5.11 Å². The lowest BCUT2D eigenvalue weighted by Crippen LogP contribution is -1.97. The van der Waals surface area contributed by atoms with Crippen molar-refractivity contribution in [3.63, 3.8) is 0 Å². The third-order valence-electron chi connectivity index (χ3n) is 1.73. The van der Waals surface area contributed by atoms with Gasteiger partial charge in [0.05, 0.1) is 0 Å². The van der Waals surface area contributed by atoms with Crippen LogP contribution < -0.4 is 0 Å². The zero-order valence-corrected chi connectivity index (χ0v) is 8.23. The molecule has 2 N–H and O–H groups in total. The maximum absolute atomic E-state index is 10.6. The van der Waals surface area contributed by atoms with Crippen molar-refractivity contribution < 1.29 is 9.90 Å². The Bertz CT molecular complexity index is 539. The lowest BCUT2D eigenvalue weighted by Gasteiger charge is -1.97. The second-order valence-corrected chi connectivity index (χ2v) is 3.19. The molecule has 15 heavy (non-hydrogen) atoms. The Morgan fingerprint density at radius 2 is 2.33 bits per heavy atom. The number of nitrogens with one attached hydrogen (secondary N) is 1. The molecule has 0 bridgehead atoms. The van der Waals surface area contributed by atoms with Gasteiger partial charge in [-0.2, -0.15) is 5.10 Å². The molecule has 0 unspecified atom stereocenters. The molecule has 2 heterocycles. The summed E-state index contributed by atoms with van der Waals surface area (Å²) in [7, 11) is 0. The van der Waals surface area contributed by atoms with Crippen molar-refractivity contribution in [2.45, 2.75) is 0 Å². The highest BCUT2D eigenvalue weighted by atomic mass is 32.1. The van der Waals surface area contributed by atoms with E-state index in [1.807, 2.05) is 0 Å². The van der Waals surface area contributed by atoms with Crippen molar-refractivity contribution in [1.82, 2.24) is 19.7 Å². The molecule has 0 amide bonds. The summed E-state index contributed by atoms with van der Waals surface area (Å²) in [6.45, 7) is 0. The van der Waals surface area contributed by atoms with Crippen LogP contribution in [0.15, 0.2) is 24.7 Å². The Morgan fingerprint density at radius 1 is 1.53 bits per heavy atom. The molecule has 7 heteroatoms. The lowest BCUT2D eigenvalue weighted by molar-refractivity contribution is 0.0691. The number of aromatic nitrogens is 4. The fourth-order valence-corrected chi connectivity index (χ4v) is 1.15. The van der Waals surface area contributed by atoms with Crippen molar-refractivity contribution in [3.05, 3.63) is 35.0 Å². The smallest absolute Gasteiger partial charge is 0.356 e. The van der Waals surface area contributed by atoms with Crippen LogP contribution in [0.25, 0.3) is 5.82 Å². The molecule has 0 spiro atoms. The molecule has 0 saturated carbocycles. The maximum atomic E-state index is 10.6. The molecule has 0 fully saturated rings. The Morgan fingerprint density at radius 3 is 2.87 bits per heavy atom. The van der Waals surface area contributed by atoms with E-state index in [0.717, 1.165) is 0 Å². The Hall–Kier alpha value is -2.02. The second-order valence-electron chi connectivity index (χ2n) is 2.75. The van der Waals surface area contributed by atoms with Gasteiger partial charge in [-0.1, -0.05) is 12.2 Å². The highest BCUT2D eigenvalue weighted by Crippen LogP contribution is 2.04. The predicted molar refractivity (Wildman–Crippen MR) is 53.5 cm³/mol. The lowest BCUT2D eigenvalue weighted by atomic mass is 10.5. The van der Waals surface area contributed by atoms with Gasteiger partial charge in [-0.05, 0) is 12.1 Å². The molecule has 2 aromatic rings. The number of imidazole rings is 1. The van der Waals surface area contributed by atoms with Gasteiger partial charge in [-0.15, -0.1) is 0 Å². The van der Waals surface area contributed by atoms with Crippen LogP contribution in [-0.2, 0) is 0 Å². The molecule has 0 aliphatic carbocycles. The van der Waals surface area contributed by atoms with Crippen molar-refractivity contribution in [2.24, 2.45) is 0 Å². The van der Waals surface area contributed by atoms with Crippen LogP contribution in [0.5, 0.6) is 0 Å². The summed E-state index contributed by atoms with van der Waals surface area (Å²) in [5, 5.41) is 15.2. The van der Waals surface area contributed by atoms with Gasteiger partial charge >= 0.3 is 5.97 Å². The van der Waals surface area contributed by atoms with E-state index in [-0.39, 0.29) is 5.69 Å². The number of H-pyrrole nitrogens is 1. The zero-order chi connectivity index (χ0) is 10.8. The summed E-state index contributed by atoms with van der Waals surface area (Å²) in [6.07, 6.45) is 2.75. The molecule has 0 aliphatic heterocycles. The van der Waals surface area contributed by atoms with Crippen molar-refractivity contribution in [2.75, 3.05) is 0 Å². The highest BCUT2D eigenvalue weighted by Gasteiger charge is 2.07. The minimum atomic E-state index is -1.07. The van der Waals surface area contributed by atoms with Gasteiger partial charge in [0.15, 0.2) is 11.5 Å². The van der Waals surface area contributed by atoms with E-state index in [9.17, 15) is 4.79 Å². The molecular weight excluding hydrogens is 216 g/mol. The summed E-state index contributed by atoms with van der Waals surface area (Å²) in [5.74, 6) is -0.541. The molecule has 0 radical (unpaired) electrons. The van der Waals surface area contributed by atoms with Crippen LogP contribution in [0, 0.1) is 4.64 Å². The van der Waals surface area contributed by atoms with Crippen molar-refractivity contribution in [3.8, 4) is 5.82 Å². The number of hydrogen-bond donors (Lipinski definition) is 2. The standard InChI is InChI=1S/C8H6N4O2S/c13-8(14)5-3-12(4-9-5)6-1-2-7(15)11-10-6/h1-4H,(H,11,15)(H,13,14). The van der Waals surface area contributed by atoms with E-state index in [0.29, 0.717) is 10.5 Å². The van der Waals surface area contributed by atoms with Crippen LogP contribution >= 0.6 is 12.2 Å². The van der Waals surface area contributed by atoms with Crippen LogP contribution in [0.1, 0.15) is 10.5 Å². The van der Waals surface area contributed by atoms with Gasteiger partial charge in [0, 0.05) is 6.20 Å². The molecule has 2 rings (SSSR count). The topological polar surface area (TPSA) is 83.8 Å². The number of hydrogen-bond acceptors (Lipinski definition) is 4. The molecule has 2 aromatic heterocycles. The first-order valence-electron chi connectivity index (χ1n) is 4.00. The number of rotatable bonds is 2. The van der Waals surface area contributed by atoms with Crippen LogP contribution in [0.4, 0.5) is 0 Å². The van der Waals surface area contributed by atoms with Gasteiger partial charge in [0.25, 0.3) is 0 Å². The van der Waals surface area contributed by atoms with E-state index in [4.69, 9.17) is 17.3 Å². The SMILES string of the molecule is O=C(O)c1cn(-c2ccc(=S)[nH]n2)cn1. The Labute approximate surface area is 89.2 Å². The quantitative estimate of drug-likeness (QED) is 0.741. The molecule has 0 atom stereocenters. The van der Waals surface area contributed by atoms with E-state index in [2.05, 4.69) is 15.2 Å². The summed E-state index contributed by atoms with van der Waals surface area (Å²) in [6, 6.07) is 3.34. The van der Waals surface area contributed by atoms with Gasteiger partial charge in [-0.3, -0.25) is 9.67 Å². The monoisotopic (exact) mass is 222 g/mol. The maximum Gasteiger partial charge on any atom is 0.356 e. The molecule has 76 valence electrons. The fraction of sp³-hybridized carbons (Fsp3) is 0. The number of aromatic amines is 1. The number of aromatic carboxylic acids is 1. The Kier molecular flexibility index (Phi) is 2.30. The molecular formula is C8H6N4O2S.